The number of likely N-dealkylation sites (tertiary alicyclic amines) is 1. The molecule has 1 aliphatic heterocycles. The molecule has 1 N–H and O–H groups in total. The molecule has 21 heavy (non-hydrogen) atoms. The topological polar surface area (TPSA) is 57.6 Å². The van der Waals surface area contributed by atoms with E-state index in [9.17, 15) is 31.5 Å². The van der Waals surface area contributed by atoms with Crippen LogP contribution in [0.5, 0.6) is 0 Å². The summed E-state index contributed by atoms with van der Waals surface area (Å²) in [7, 11) is 0. The number of hydrogen-bond acceptors (Lipinski definition) is 2. The molecule has 1 aliphatic rings. The molecule has 0 bridgehead atoms. The number of carboxylic acid groups (broad SMARTS) is 1. The van der Waals surface area contributed by atoms with Crippen molar-refractivity contribution in [2.24, 2.45) is 5.92 Å². The van der Waals surface area contributed by atoms with Gasteiger partial charge in [0, 0.05) is 19.0 Å². The van der Waals surface area contributed by atoms with Gasteiger partial charge >= 0.3 is 5.97 Å². The van der Waals surface area contributed by atoms with Gasteiger partial charge in [-0.3, -0.25) is 9.59 Å². The number of hydrogen-bond donors (Lipinski definition) is 1. The van der Waals surface area contributed by atoms with Gasteiger partial charge in [0.05, 0.1) is 6.42 Å². The Kier molecular flexibility index (Phi) is 3.84. The fraction of sp³-hybridized carbons (Fsp3) is 0.333. The van der Waals surface area contributed by atoms with Gasteiger partial charge in [0.25, 0.3) is 5.91 Å². The number of benzene rings is 1. The van der Waals surface area contributed by atoms with E-state index in [0.29, 0.717) is 0 Å². The van der Waals surface area contributed by atoms with Crippen molar-refractivity contribution in [3.05, 3.63) is 34.6 Å². The van der Waals surface area contributed by atoms with Gasteiger partial charge in [0.1, 0.15) is 5.56 Å². The monoisotopic (exact) mass is 309 g/mol. The van der Waals surface area contributed by atoms with E-state index in [2.05, 4.69) is 0 Å². The number of carboxylic acids is 1. The second kappa shape index (κ2) is 5.30. The Bertz CT molecular complexity index is 599. The van der Waals surface area contributed by atoms with Crippen LogP contribution in [0.1, 0.15) is 16.8 Å². The Morgan fingerprint density at radius 1 is 0.952 bits per heavy atom. The van der Waals surface area contributed by atoms with Gasteiger partial charge in [-0.15, -0.1) is 0 Å². The van der Waals surface area contributed by atoms with Crippen LogP contribution in [-0.2, 0) is 4.79 Å². The smallest absolute Gasteiger partial charge is 0.303 e. The molecule has 0 aromatic heterocycles. The van der Waals surface area contributed by atoms with Crippen molar-refractivity contribution in [3.63, 3.8) is 0 Å². The van der Waals surface area contributed by atoms with Crippen molar-refractivity contribution in [3.8, 4) is 0 Å². The van der Waals surface area contributed by atoms with E-state index in [1.807, 2.05) is 0 Å². The van der Waals surface area contributed by atoms with E-state index in [-0.39, 0.29) is 19.5 Å². The molecule has 0 unspecified atom stereocenters. The number of carbonyl (C=O) groups excluding carboxylic acids is 1. The molecule has 1 amide bonds. The molecular formula is C12H8F5NO3. The van der Waals surface area contributed by atoms with Crippen molar-refractivity contribution in [2.75, 3.05) is 13.1 Å². The third-order valence-corrected chi connectivity index (χ3v) is 3.13. The summed E-state index contributed by atoms with van der Waals surface area (Å²) < 4.78 is 65.7. The first-order chi connectivity index (χ1) is 9.73. The number of aliphatic carboxylic acids is 1. The average molecular weight is 309 g/mol. The van der Waals surface area contributed by atoms with E-state index >= 15 is 0 Å². The highest BCUT2D eigenvalue weighted by atomic mass is 19.2. The Labute approximate surface area is 114 Å². The predicted octanol–water partition coefficient (Wildman–Crippen LogP) is 1.93. The number of carbonyl (C=O) groups is 2. The first-order valence-electron chi connectivity index (χ1n) is 5.76. The summed E-state index contributed by atoms with van der Waals surface area (Å²) in [5.41, 5.74) is -1.53. The van der Waals surface area contributed by atoms with Gasteiger partial charge in [-0.25, -0.2) is 22.0 Å². The molecule has 1 aromatic carbocycles. The zero-order chi connectivity index (χ0) is 15.9. The molecule has 1 aromatic rings. The van der Waals surface area contributed by atoms with Gasteiger partial charge in [-0.1, -0.05) is 0 Å². The van der Waals surface area contributed by atoms with Gasteiger partial charge in [-0.05, 0) is 0 Å². The molecule has 4 nitrogen and oxygen atoms in total. The van der Waals surface area contributed by atoms with Crippen molar-refractivity contribution >= 4 is 11.9 Å². The standard InChI is InChI=1S/C12H8F5NO3/c13-7-6(8(14)10(16)11(17)9(7)15)12(21)18-2-4(3-18)1-5(19)20/h4H,1-3H2,(H,19,20). The third kappa shape index (κ3) is 2.55. The van der Waals surface area contributed by atoms with Gasteiger partial charge in [0.2, 0.25) is 5.82 Å². The van der Waals surface area contributed by atoms with Crippen LogP contribution in [0.4, 0.5) is 22.0 Å². The summed E-state index contributed by atoms with van der Waals surface area (Å²) in [5, 5.41) is 8.52. The molecule has 9 heteroatoms. The van der Waals surface area contributed by atoms with Crippen molar-refractivity contribution in [2.45, 2.75) is 6.42 Å². The lowest BCUT2D eigenvalue weighted by atomic mass is 9.95. The van der Waals surface area contributed by atoms with E-state index in [0.717, 1.165) is 4.90 Å². The summed E-state index contributed by atoms with van der Waals surface area (Å²) in [5.74, 6) is -14.0. The largest absolute Gasteiger partial charge is 0.481 e. The molecular weight excluding hydrogens is 301 g/mol. The number of nitrogens with zero attached hydrogens (tertiary/aromatic N) is 1. The minimum absolute atomic E-state index is 0.120. The molecule has 2 rings (SSSR count). The lowest BCUT2D eigenvalue weighted by Crippen LogP contribution is -2.51. The zero-order valence-electron chi connectivity index (χ0n) is 10.3. The highest BCUT2D eigenvalue weighted by Gasteiger charge is 2.37. The van der Waals surface area contributed by atoms with E-state index < -0.39 is 52.4 Å². The Morgan fingerprint density at radius 2 is 1.38 bits per heavy atom. The van der Waals surface area contributed by atoms with Crippen LogP contribution in [0.25, 0.3) is 0 Å². The summed E-state index contributed by atoms with van der Waals surface area (Å²) in [6.07, 6.45) is -0.249. The van der Waals surface area contributed by atoms with Crippen LogP contribution in [0.3, 0.4) is 0 Å². The lowest BCUT2D eigenvalue weighted by molar-refractivity contribution is -0.139. The molecule has 0 saturated carbocycles. The minimum atomic E-state index is -2.34. The van der Waals surface area contributed by atoms with E-state index in [1.165, 1.54) is 0 Å². The molecule has 0 aliphatic carbocycles. The lowest BCUT2D eigenvalue weighted by Gasteiger charge is -2.38. The van der Waals surface area contributed by atoms with E-state index in [1.54, 1.807) is 0 Å². The highest BCUT2D eigenvalue weighted by Crippen LogP contribution is 2.27. The normalized spacial score (nSPS) is 15.0. The number of halogens is 5. The first-order valence-corrected chi connectivity index (χ1v) is 5.76. The molecule has 0 spiro atoms. The summed E-state index contributed by atoms with van der Waals surface area (Å²) in [6.45, 7) is -0.241. The van der Waals surface area contributed by atoms with E-state index in [4.69, 9.17) is 5.11 Å². The Balaban J connectivity index is 2.24. The SMILES string of the molecule is O=C(O)CC1CN(C(=O)c2c(F)c(F)c(F)c(F)c2F)C1. The molecule has 0 atom stereocenters. The molecule has 0 radical (unpaired) electrons. The number of rotatable bonds is 3. The average Bonchev–Trinajstić information content (AvgIpc) is 2.37. The number of amides is 1. The van der Waals surface area contributed by atoms with Crippen LogP contribution in [0.15, 0.2) is 0 Å². The van der Waals surface area contributed by atoms with Gasteiger partial charge < -0.3 is 10.0 Å². The summed E-state index contributed by atoms with van der Waals surface area (Å²) in [4.78, 5) is 23.0. The fourth-order valence-electron chi connectivity index (χ4n) is 2.06. The first kappa shape index (κ1) is 15.2. The fourth-order valence-corrected chi connectivity index (χ4v) is 2.06. The van der Waals surface area contributed by atoms with Crippen LogP contribution in [0, 0.1) is 35.0 Å². The highest BCUT2D eigenvalue weighted by molar-refractivity contribution is 5.95. The van der Waals surface area contributed by atoms with Crippen molar-refractivity contribution in [1.82, 2.24) is 4.90 Å². The third-order valence-electron chi connectivity index (χ3n) is 3.13. The maximum atomic E-state index is 13.4. The summed E-state index contributed by atoms with van der Waals surface area (Å²) >= 11 is 0. The summed E-state index contributed by atoms with van der Waals surface area (Å²) in [6, 6.07) is 0. The minimum Gasteiger partial charge on any atom is -0.481 e. The quantitative estimate of drug-likeness (QED) is 0.527. The molecule has 114 valence electrons. The molecule has 1 heterocycles. The molecule has 1 fully saturated rings. The second-order valence-electron chi connectivity index (χ2n) is 4.62. The van der Waals surface area contributed by atoms with Crippen molar-refractivity contribution < 1.29 is 36.6 Å². The van der Waals surface area contributed by atoms with Gasteiger partial charge in [-0.2, -0.15) is 0 Å². The maximum absolute atomic E-state index is 13.4. The maximum Gasteiger partial charge on any atom is 0.303 e. The molecule has 1 saturated heterocycles. The van der Waals surface area contributed by atoms with Crippen LogP contribution < -0.4 is 0 Å². The second-order valence-corrected chi connectivity index (χ2v) is 4.62. The predicted molar refractivity (Wildman–Crippen MR) is 57.9 cm³/mol. The Hall–Kier alpha value is -2.19. The van der Waals surface area contributed by atoms with Crippen LogP contribution >= 0.6 is 0 Å². The van der Waals surface area contributed by atoms with Gasteiger partial charge in [0.15, 0.2) is 23.3 Å². The zero-order valence-corrected chi connectivity index (χ0v) is 10.3. The Morgan fingerprint density at radius 3 is 1.81 bits per heavy atom. The van der Waals surface area contributed by atoms with Crippen LogP contribution in [-0.4, -0.2) is 35.0 Å². The van der Waals surface area contributed by atoms with Crippen LogP contribution in [0.2, 0.25) is 0 Å². The van der Waals surface area contributed by atoms with Crippen molar-refractivity contribution in [1.29, 1.82) is 0 Å².